The first-order valence-electron chi connectivity index (χ1n) is 6.07. The van der Waals surface area contributed by atoms with Gasteiger partial charge in [-0.25, -0.2) is 0 Å². The molecule has 0 bridgehead atoms. The molecule has 1 aliphatic rings. The number of ether oxygens (including phenoxy) is 1. The largest absolute Gasteiger partial charge is 0.497 e. The van der Waals surface area contributed by atoms with E-state index in [0.29, 0.717) is 12.3 Å². The molecule has 17 heavy (non-hydrogen) atoms. The van der Waals surface area contributed by atoms with Gasteiger partial charge in [0.15, 0.2) is 5.78 Å². The van der Waals surface area contributed by atoms with Crippen molar-refractivity contribution < 1.29 is 9.53 Å². The zero-order valence-electron chi connectivity index (χ0n) is 10.0. The van der Waals surface area contributed by atoms with Crippen molar-refractivity contribution in [3.8, 4) is 5.75 Å². The predicted octanol–water partition coefficient (Wildman–Crippen LogP) is 4.22. The van der Waals surface area contributed by atoms with Gasteiger partial charge in [0.05, 0.1) is 7.11 Å². The molecule has 0 atom stereocenters. The monoisotopic (exact) mass is 296 g/mol. The molecule has 1 saturated carbocycles. The molecule has 1 aromatic rings. The van der Waals surface area contributed by atoms with Crippen LogP contribution in [0.3, 0.4) is 0 Å². The van der Waals surface area contributed by atoms with E-state index in [2.05, 4.69) is 15.9 Å². The summed E-state index contributed by atoms with van der Waals surface area (Å²) in [5.41, 5.74) is 0.776. The van der Waals surface area contributed by atoms with E-state index < -0.39 is 0 Å². The van der Waals surface area contributed by atoms with Crippen LogP contribution in [0.2, 0.25) is 0 Å². The molecule has 0 N–H and O–H groups in total. The smallest absolute Gasteiger partial charge is 0.164 e. The Morgan fingerprint density at radius 2 is 2.12 bits per heavy atom. The van der Waals surface area contributed by atoms with Crippen LogP contribution < -0.4 is 4.74 Å². The van der Waals surface area contributed by atoms with Crippen molar-refractivity contribution >= 4 is 21.7 Å². The standard InChI is InChI=1S/C14H17BrO2/c1-17-11-6-7-12(13(15)9-11)14(16)8-10-4-2-3-5-10/h6-7,9-10H,2-5,8H2,1H3. The van der Waals surface area contributed by atoms with Gasteiger partial charge in [-0.2, -0.15) is 0 Å². The highest BCUT2D eigenvalue weighted by molar-refractivity contribution is 9.10. The predicted molar refractivity (Wildman–Crippen MR) is 71.6 cm³/mol. The summed E-state index contributed by atoms with van der Waals surface area (Å²) >= 11 is 3.44. The van der Waals surface area contributed by atoms with Crippen molar-refractivity contribution in [2.45, 2.75) is 32.1 Å². The third-order valence-electron chi connectivity index (χ3n) is 3.43. The fourth-order valence-electron chi connectivity index (χ4n) is 2.44. The van der Waals surface area contributed by atoms with E-state index in [-0.39, 0.29) is 5.78 Å². The van der Waals surface area contributed by atoms with Gasteiger partial charge < -0.3 is 4.74 Å². The molecule has 1 fully saturated rings. The highest BCUT2D eigenvalue weighted by atomic mass is 79.9. The van der Waals surface area contributed by atoms with Crippen molar-refractivity contribution in [3.63, 3.8) is 0 Å². The summed E-state index contributed by atoms with van der Waals surface area (Å²) in [6.45, 7) is 0. The average molecular weight is 297 g/mol. The molecule has 92 valence electrons. The van der Waals surface area contributed by atoms with Crippen LogP contribution in [0.4, 0.5) is 0 Å². The molecule has 0 saturated heterocycles. The maximum Gasteiger partial charge on any atom is 0.164 e. The number of methoxy groups -OCH3 is 1. The summed E-state index contributed by atoms with van der Waals surface area (Å²) < 4.78 is 5.96. The average Bonchev–Trinajstić information content (AvgIpc) is 2.81. The minimum Gasteiger partial charge on any atom is -0.497 e. The topological polar surface area (TPSA) is 26.3 Å². The van der Waals surface area contributed by atoms with E-state index >= 15 is 0 Å². The SMILES string of the molecule is COc1ccc(C(=O)CC2CCCC2)c(Br)c1. The van der Waals surface area contributed by atoms with Crippen molar-refractivity contribution in [3.05, 3.63) is 28.2 Å². The fourth-order valence-corrected chi connectivity index (χ4v) is 3.01. The molecule has 0 aromatic heterocycles. The minimum absolute atomic E-state index is 0.242. The number of Topliss-reactive ketones (excluding diaryl/α,β-unsaturated/α-hetero) is 1. The van der Waals surface area contributed by atoms with Gasteiger partial charge in [0.2, 0.25) is 0 Å². The van der Waals surface area contributed by atoms with Gasteiger partial charge in [-0.1, -0.05) is 25.7 Å². The van der Waals surface area contributed by atoms with E-state index in [0.717, 1.165) is 15.8 Å². The number of rotatable bonds is 4. The van der Waals surface area contributed by atoms with Gasteiger partial charge in [0.25, 0.3) is 0 Å². The first kappa shape index (κ1) is 12.6. The van der Waals surface area contributed by atoms with E-state index in [1.54, 1.807) is 7.11 Å². The van der Waals surface area contributed by atoms with Crippen LogP contribution in [-0.4, -0.2) is 12.9 Å². The molecule has 0 unspecified atom stereocenters. The second-order valence-corrected chi connectivity index (χ2v) is 5.48. The van der Waals surface area contributed by atoms with Gasteiger partial charge in [-0.15, -0.1) is 0 Å². The molecule has 0 aliphatic heterocycles. The third-order valence-corrected chi connectivity index (χ3v) is 4.08. The summed E-state index contributed by atoms with van der Waals surface area (Å²) in [5.74, 6) is 1.61. The van der Waals surface area contributed by atoms with Crippen molar-refractivity contribution in [1.82, 2.24) is 0 Å². The Bertz CT molecular complexity index is 409. The van der Waals surface area contributed by atoms with E-state index in [4.69, 9.17) is 4.74 Å². The van der Waals surface area contributed by atoms with Crippen molar-refractivity contribution in [2.24, 2.45) is 5.92 Å². The van der Waals surface area contributed by atoms with E-state index in [1.807, 2.05) is 18.2 Å². The molecule has 1 aromatic carbocycles. The lowest BCUT2D eigenvalue weighted by Crippen LogP contribution is -2.06. The Labute approximate surface area is 110 Å². The number of hydrogen-bond donors (Lipinski definition) is 0. The summed E-state index contributed by atoms with van der Waals surface area (Å²) in [6.07, 6.45) is 5.66. The first-order chi connectivity index (χ1) is 8.20. The molecule has 3 heteroatoms. The normalized spacial score (nSPS) is 16.1. The van der Waals surface area contributed by atoms with Crippen LogP contribution in [0.5, 0.6) is 5.75 Å². The van der Waals surface area contributed by atoms with Gasteiger partial charge in [-0.3, -0.25) is 4.79 Å². The fraction of sp³-hybridized carbons (Fsp3) is 0.500. The molecule has 0 heterocycles. The van der Waals surface area contributed by atoms with Crippen LogP contribution in [0.15, 0.2) is 22.7 Å². The molecule has 0 spiro atoms. The van der Waals surface area contributed by atoms with E-state index in [9.17, 15) is 4.79 Å². The lowest BCUT2D eigenvalue weighted by Gasteiger charge is -2.09. The second-order valence-electron chi connectivity index (χ2n) is 4.62. The molecule has 0 amide bonds. The summed E-state index contributed by atoms with van der Waals surface area (Å²) in [4.78, 5) is 12.2. The van der Waals surface area contributed by atoms with E-state index in [1.165, 1.54) is 25.7 Å². The number of hydrogen-bond acceptors (Lipinski definition) is 2. The lowest BCUT2D eigenvalue weighted by atomic mass is 9.97. The first-order valence-corrected chi connectivity index (χ1v) is 6.86. The van der Waals surface area contributed by atoms with Crippen LogP contribution in [0.25, 0.3) is 0 Å². The molecular formula is C14H17BrO2. The summed E-state index contributed by atoms with van der Waals surface area (Å²) in [7, 11) is 1.63. The van der Waals surface area contributed by atoms with Gasteiger partial charge >= 0.3 is 0 Å². The van der Waals surface area contributed by atoms with Crippen LogP contribution in [-0.2, 0) is 0 Å². The van der Waals surface area contributed by atoms with Gasteiger partial charge in [-0.05, 0) is 40.0 Å². The van der Waals surface area contributed by atoms with Crippen LogP contribution in [0.1, 0.15) is 42.5 Å². The zero-order valence-corrected chi connectivity index (χ0v) is 11.6. The molecule has 2 rings (SSSR count). The summed E-state index contributed by atoms with van der Waals surface area (Å²) in [5, 5.41) is 0. The third kappa shape index (κ3) is 3.09. The maximum absolute atomic E-state index is 12.2. The summed E-state index contributed by atoms with van der Waals surface area (Å²) in [6, 6.07) is 5.54. The van der Waals surface area contributed by atoms with Crippen molar-refractivity contribution in [1.29, 1.82) is 0 Å². The maximum atomic E-state index is 12.2. The second kappa shape index (κ2) is 5.67. The van der Waals surface area contributed by atoms with Crippen LogP contribution >= 0.6 is 15.9 Å². The number of benzene rings is 1. The zero-order chi connectivity index (χ0) is 12.3. The minimum atomic E-state index is 0.242. The van der Waals surface area contributed by atoms with Crippen LogP contribution in [0, 0.1) is 5.92 Å². The highest BCUT2D eigenvalue weighted by Gasteiger charge is 2.20. The molecule has 0 radical (unpaired) electrons. The van der Waals surface area contributed by atoms with Gasteiger partial charge in [0.1, 0.15) is 5.75 Å². The lowest BCUT2D eigenvalue weighted by molar-refractivity contribution is 0.0961. The quantitative estimate of drug-likeness (QED) is 0.778. The Balaban J connectivity index is 2.07. The number of carbonyl (C=O) groups excluding carboxylic acids is 1. The Morgan fingerprint density at radius 3 is 2.71 bits per heavy atom. The van der Waals surface area contributed by atoms with Crippen molar-refractivity contribution in [2.75, 3.05) is 7.11 Å². The molecular weight excluding hydrogens is 280 g/mol. The van der Waals surface area contributed by atoms with Gasteiger partial charge in [0, 0.05) is 16.5 Å². The number of ketones is 1. The Hall–Kier alpha value is -0.830. The highest BCUT2D eigenvalue weighted by Crippen LogP contribution is 2.31. The molecule has 2 nitrogen and oxygen atoms in total. The number of carbonyl (C=O) groups is 1. The Morgan fingerprint density at radius 1 is 1.41 bits per heavy atom. The Kier molecular flexibility index (Phi) is 4.21. The molecule has 1 aliphatic carbocycles. The number of halogens is 1.